The van der Waals surface area contributed by atoms with E-state index in [2.05, 4.69) is 10.6 Å². The number of aromatic nitrogens is 1. The molecule has 0 saturated carbocycles. The largest absolute Gasteiger partial charge is 0.711 e. The Morgan fingerprint density at radius 1 is 1.10 bits per heavy atom. The van der Waals surface area contributed by atoms with Crippen molar-refractivity contribution >= 4 is 23.2 Å². The van der Waals surface area contributed by atoms with Gasteiger partial charge in [-0.25, -0.2) is 9.52 Å². The Bertz CT molecular complexity index is 599. The van der Waals surface area contributed by atoms with Gasteiger partial charge < -0.3 is 15.8 Å². The van der Waals surface area contributed by atoms with E-state index in [0.717, 1.165) is 4.73 Å². The van der Waals surface area contributed by atoms with Crippen molar-refractivity contribution < 1.29 is 9.52 Å². The number of anilines is 3. The molecule has 1 aromatic heterocycles. The highest BCUT2D eigenvalue weighted by Crippen LogP contribution is 2.13. The minimum absolute atomic E-state index is 0.357. The first-order chi connectivity index (χ1) is 9.56. The number of benzene rings is 1. The van der Waals surface area contributed by atoms with Gasteiger partial charge in [-0.15, -0.1) is 0 Å². The van der Waals surface area contributed by atoms with Crippen LogP contribution < -0.4 is 20.3 Å². The van der Waals surface area contributed by atoms with E-state index >= 15 is 0 Å². The molecule has 0 fully saturated rings. The molecular formula is C14H16N4O2. The highest BCUT2D eigenvalue weighted by Gasteiger charge is 2.10. The van der Waals surface area contributed by atoms with Gasteiger partial charge in [-0.05, 0) is 12.1 Å². The van der Waals surface area contributed by atoms with Gasteiger partial charge in [-0.1, -0.05) is 18.2 Å². The topological polar surface area (TPSA) is 71.3 Å². The molecule has 0 bridgehead atoms. The molecule has 6 heteroatoms. The molecule has 0 spiro atoms. The van der Waals surface area contributed by atoms with Crippen LogP contribution in [0.15, 0.2) is 48.7 Å². The van der Waals surface area contributed by atoms with E-state index in [0.29, 0.717) is 17.2 Å². The van der Waals surface area contributed by atoms with E-state index in [1.807, 2.05) is 18.2 Å². The van der Waals surface area contributed by atoms with E-state index in [1.54, 1.807) is 43.3 Å². The Balaban J connectivity index is 2.06. The number of pyridine rings is 1. The van der Waals surface area contributed by atoms with Crippen LogP contribution in [0.4, 0.5) is 22.0 Å². The first kappa shape index (κ1) is 13.7. The fourth-order valence-corrected chi connectivity index (χ4v) is 1.69. The fraction of sp³-hybridized carbons (Fsp3) is 0.143. The van der Waals surface area contributed by atoms with Crippen molar-refractivity contribution in [1.29, 1.82) is 0 Å². The third-order valence-corrected chi connectivity index (χ3v) is 2.65. The van der Waals surface area contributed by atoms with Crippen molar-refractivity contribution in [3.63, 3.8) is 0 Å². The molecule has 0 aliphatic carbocycles. The summed E-state index contributed by atoms with van der Waals surface area (Å²) in [6.07, 6.45) is 1.35. The summed E-state index contributed by atoms with van der Waals surface area (Å²) in [5.74, 6) is 0.447. The van der Waals surface area contributed by atoms with Gasteiger partial charge in [0.05, 0.1) is 32.0 Å². The predicted molar refractivity (Wildman–Crippen MR) is 78.8 cm³/mol. The molecule has 20 heavy (non-hydrogen) atoms. The van der Waals surface area contributed by atoms with Gasteiger partial charge >= 0.3 is 6.03 Å². The van der Waals surface area contributed by atoms with Crippen LogP contribution in [0.2, 0.25) is 0 Å². The Morgan fingerprint density at radius 3 is 2.40 bits per heavy atom. The van der Waals surface area contributed by atoms with Gasteiger partial charge in [-0.2, -0.15) is 0 Å². The molecule has 0 aliphatic heterocycles. The molecule has 2 amide bonds. The third kappa shape index (κ3) is 3.38. The maximum absolute atomic E-state index is 11.8. The zero-order valence-electron chi connectivity index (χ0n) is 11.3. The summed E-state index contributed by atoms with van der Waals surface area (Å²) in [6, 6.07) is 11.9. The van der Waals surface area contributed by atoms with Crippen molar-refractivity contribution in [1.82, 2.24) is 0 Å². The van der Waals surface area contributed by atoms with Crippen molar-refractivity contribution in [3.05, 3.63) is 53.9 Å². The van der Waals surface area contributed by atoms with Gasteiger partial charge in [0.25, 0.3) is 5.82 Å². The molecule has 1 heterocycles. The third-order valence-electron chi connectivity index (χ3n) is 2.65. The molecule has 2 N–H and O–H groups in total. The summed E-state index contributed by atoms with van der Waals surface area (Å²) in [4.78, 5) is 13.5. The smallest absolute Gasteiger partial charge is 0.323 e. The molecule has 2 aromatic rings. The molecule has 0 unspecified atom stereocenters. The Labute approximate surface area is 117 Å². The maximum atomic E-state index is 11.8. The van der Waals surface area contributed by atoms with Crippen LogP contribution in [0.5, 0.6) is 0 Å². The van der Waals surface area contributed by atoms with Gasteiger partial charge in [-0.3, -0.25) is 4.90 Å². The average molecular weight is 272 g/mol. The zero-order chi connectivity index (χ0) is 14.5. The number of nitrogens with zero attached hydrogens (tertiary/aromatic N) is 2. The van der Waals surface area contributed by atoms with E-state index in [9.17, 15) is 10.0 Å². The first-order valence-corrected chi connectivity index (χ1v) is 6.10. The number of rotatable bonds is 3. The number of amides is 2. The lowest BCUT2D eigenvalue weighted by Gasteiger charge is -2.14. The monoisotopic (exact) mass is 272 g/mol. The lowest BCUT2D eigenvalue weighted by Crippen LogP contribution is -2.34. The van der Waals surface area contributed by atoms with E-state index in [-0.39, 0.29) is 6.03 Å². The van der Waals surface area contributed by atoms with E-state index in [1.165, 1.54) is 6.20 Å². The number of hydrogen-bond acceptors (Lipinski definition) is 3. The molecule has 2 rings (SSSR count). The average Bonchev–Trinajstić information content (AvgIpc) is 2.41. The van der Waals surface area contributed by atoms with Crippen LogP contribution in [0.1, 0.15) is 0 Å². The normalized spacial score (nSPS) is 9.90. The molecule has 6 nitrogen and oxygen atoms in total. The molecule has 1 aromatic carbocycles. The first-order valence-electron chi connectivity index (χ1n) is 6.10. The molecular weight excluding hydrogens is 256 g/mol. The lowest BCUT2D eigenvalue weighted by atomic mass is 10.3. The number of nitrogens with one attached hydrogen (secondary N) is 2. The maximum Gasteiger partial charge on any atom is 0.323 e. The second kappa shape index (κ2) is 5.92. The fourth-order valence-electron chi connectivity index (χ4n) is 1.69. The van der Waals surface area contributed by atoms with Crippen molar-refractivity contribution in [3.8, 4) is 0 Å². The van der Waals surface area contributed by atoms with Crippen LogP contribution in [-0.2, 0) is 0 Å². The molecule has 0 atom stereocenters. The van der Waals surface area contributed by atoms with E-state index in [4.69, 9.17) is 0 Å². The number of hydrogen-bond donors (Lipinski definition) is 2. The quantitative estimate of drug-likeness (QED) is 0.663. The van der Waals surface area contributed by atoms with Crippen LogP contribution in [-0.4, -0.2) is 20.1 Å². The summed E-state index contributed by atoms with van der Waals surface area (Å²) in [5, 5.41) is 16.9. The Morgan fingerprint density at radius 2 is 1.75 bits per heavy atom. The second-order valence-electron chi connectivity index (χ2n) is 4.44. The van der Waals surface area contributed by atoms with Crippen LogP contribution in [0.25, 0.3) is 0 Å². The van der Waals surface area contributed by atoms with Gasteiger partial charge in [0.2, 0.25) is 0 Å². The summed E-state index contributed by atoms with van der Waals surface area (Å²) in [5.41, 5.74) is 1.25. The number of carbonyl (C=O) groups is 1. The Kier molecular flexibility index (Phi) is 4.05. The number of urea groups is 1. The summed E-state index contributed by atoms with van der Waals surface area (Å²) in [6.45, 7) is 0. The van der Waals surface area contributed by atoms with Gasteiger partial charge in [0.1, 0.15) is 0 Å². The van der Waals surface area contributed by atoms with Crippen molar-refractivity contribution in [2.75, 3.05) is 29.6 Å². The van der Waals surface area contributed by atoms with Crippen molar-refractivity contribution in [2.24, 2.45) is 0 Å². The molecule has 0 aliphatic rings. The minimum atomic E-state index is -0.357. The summed E-state index contributed by atoms with van der Waals surface area (Å²) < 4.78 is 0.736. The lowest BCUT2D eigenvalue weighted by molar-refractivity contribution is -0.591. The Hall–Kier alpha value is -2.76. The second-order valence-corrected chi connectivity index (χ2v) is 4.44. The van der Waals surface area contributed by atoms with Crippen LogP contribution in [0.3, 0.4) is 0 Å². The number of para-hydroxylation sites is 1. The highest BCUT2D eigenvalue weighted by atomic mass is 16.5. The van der Waals surface area contributed by atoms with E-state index < -0.39 is 0 Å². The minimum Gasteiger partial charge on any atom is -0.711 e. The van der Waals surface area contributed by atoms with Crippen LogP contribution in [0, 0.1) is 5.21 Å². The number of carbonyl (C=O) groups excluding carboxylic acids is 1. The zero-order valence-corrected chi connectivity index (χ0v) is 11.3. The molecule has 104 valence electrons. The van der Waals surface area contributed by atoms with Crippen molar-refractivity contribution in [2.45, 2.75) is 0 Å². The predicted octanol–water partition coefficient (Wildman–Crippen LogP) is 2.03. The summed E-state index contributed by atoms with van der Waals surface area (Å²) in [7, 11) is 3.52. The standard InChI is InChI=1S/C14H16N4O2/c1-17(2)13-10-12(8-9-18(13)20)16-14(19)15-11-6-4-3-5-7-11/h3-10H,1-2H3,(H2,15,16,19). The van der Waals surface area contributed by atoms with Crippen LogP contribution >= 0.6 is 0 Å². The molecule has 0 radical (unpaired) electrons. The van der Waals surface area contributed by atoms with Gasteiger partial charge in [0, 0.05) is 11.8 Å². The molecule has 0 saturated heterocycles. The summed E-state index contributed by atoms with van der Waals surface area (Å²) >= 11 is 0. The highest BCUT2D eigenvalue weighted by molar-refractivity contribution is 5.99. The SMILES string of the molecule is CN(C)c1cc(NC(=O)Nc2ccccc2)cc[n+]1[O-]. The van der Waals surface area contributed by atoms with Gasteiger partial charge in [0.15, 0.2) is 0 Å².